The number of nitrogens with one attached hydrogen (secondary N) is 1. The molecule has 0 heterocycles. The molecule has 1 aromatic rings. The first kappa shape index (κ1) is 14.1. The Morgan fingerprint density at radius 3 is 2.71 bits per heavy atom. The minimum Gasteiger partial charge on any atom is -0.396 e. The second-order valence-corrected chi connectivity index (χ2v) is 4.39. The van der Waals surface area contributed by atoms with Gasteiger partial charge in [0.1, 0.15) is 5.82 Å². The summed E-state index contributed by atoms with van der Waals surface area (Å²) in [5.74, 6) is 0.325. The number of halogens is 1. The van der Waals surface area contributed by atoms with Crippen molar-refractivity contribution in [1.82, 2.24) is 5.32 Å². The molecular weight excluding hydrogens is 217 g/mol. The summed E-state index contributed by atoms with van der Waals surface area (Å²) < 4.78 is 13.3. The van der Waals surface area contributed by atoms with Crippen LogP contribution in [0.3, 0.4) is 0 Å². The minimum atomic E-state index is -0.158. The Hall–Kier alpha value is -0.930. The second kappa shape index (κ2) is 8.20. The number of benzene rings is 1. The van der Waals surface area contributed by atoms with E-state index in [1.54, 1.807) is 12.1 Å². The van der Waals surface area contributed by atoms with Crippen molar-refractivity contribution in [1.29, 1.82) is 0 Å². The van der Waals surface area contributed by atoms with E-state index in [1.165, 1.54) is 6.07 Å². The molecular formula is C14H22FNO. The van der Waals surface area contributed by atoms with Crippen LogP contribution in [0.4, 0.5) is 4.39 Å². The van der Waals surface area contributed by atoms with Crippen LogP contribution in [0.25, 0.3) is 0 Å². The number of aliphatic hydroxyl groups excluding tert-OH is 1. The summed E-state index contributed by atoms with van der Waals surface area (Å²) in [6, 6.07) is 6.82. The number of rotatable bonds is 8. The molecule has 1 atom stereocenters. The molecule has 17 heavy (non-hydrogen) atoms. The van der Waals surface area contributed by atoms with Gasteiger partial charge < -0.3 is 10.4 Å². The summed E-state index contributed by atoms with van der Waals surface area (Å²) in [4.78, 5) is 0. The Bertz CT molecular complexity index is 311. The first-order valence-electron chi connectivity index (χ1n) is 6.33. The maximum atomic E-state index is 13.3. The molecule has 0 aliphatic carbocycles. The maximum absolute atomic E-state index is 13.3. The third-order valence-corrected chi connectivity index (χ3v) is 2.94. The lowest BCUT2D eigenvalue weighted by molar-refractivity contribution is 0.248. The van der Waals surface area contributed by atoms with Gasteiger partial charge >= 0.3 is 0 Å². The zero-order valence-electron chi connectivity index (χ0n) is 10.5. The van der Waals surface area contributed by atoms with Crippen LogP contribution in [0.2, 0.25) is 0 Å². The van der Waals surface area contributed by atoms with E-state index < -0.39 is 0 Å². The van der Waals surface area contributed by atoms with Crippen molar-refractivity contribution in [3.63, 3.8) is 0 Å². The van der Waals surface area contributed by atoms with Crippen molar-refractivity contribution in [3.05, 3.63) is 35.6 Å². The van der Waals surface area contributed by atoms with Crippen LogP contribution in [-0.4, -0.2) is 18.3 Å². The number of aliphatic hydroxyl groups is 1. The molecule has 1 unspecified atom stereocenters. The maximum Gasteiger partial charge on any atom is 0.127 e. The molecule has 0 fully saturated rings. The molecule has 0 aliphatic rings. The summed E-state index contributed by atoms with van der Waals surface area (Å²) in [6.45, 7) is 3.76. The van der Waals surface area contributed by atoms with Crippen molar-refractivity contribution in [2.24, 2.45) is 5.92 Å². The fourth-order valence-corrected chi connectivity index (χ4v) is 1.99. The van der Waals surface area contributed by atoms with Gasteiger partial charge in [-0.25, -0.2) is 4.39 Å². The lowest BCUT2D eigenvalue weighted by atomic mass is 10.0. The van der Waals surface area contributed by atoms with E-state index in [9.17, 15) is 4.39 Å². The number of hydrogen-bond acceptors (Lipinski definition) is 2. The molecule has 0 aromatic heterocycles. The Balaban J connectivity index is 2.33. The predicted octanol–water partition coefficient (Wildman–Crippen LogP) is 2.71. The van der Waals surface area contributed by atoms with Gasteiger partial charge in [-0.05, 0) is 31.4 Å². The van der Waals surface area contributed by atoms with E-state index in [0.717, 1.165) is 25.8 Å². The summed E-state index contributed by atoms with van der Waals surface area (Å²) in [5, 5.41) is 12.2. The zero-order valence-corrected chi connectivity index (χ0v) is 10.5. The van der Waals surface area contributed by atoms with E-state index in [4.69, 9.17) is 5.11 Å². The van der Waals surface area contributed by atoms with Crippen molar-refractivity contribution >= 4 is 0 Å². The van der Waals surface area contributed by atoms with Crippen LogP contribution in [0, 0.1) is 11.7 Å². The molecule has 0 saturated carbocycles. The van der Waals surface area contributed by atoms with Crippen LogP contribution in [-0.2, 0) is 6.54 Å². The molecule has 0 amide bonds. The van der Waals surface area contributed by atoms with E-state index >= 15 is 0 Å². The third kappa shape index (κ3) is 5.29. The molecule has 3 heteroatoms. The van der Waals surface area contributed by atoms with Crippen LogP contribution in [0.15, 0.2) is 24.3 Å². The molecule has 0 radical (unpaired) electrons. The SMILES string of the molecule is CCCC(CCO)CNCc1ccccc1F. The van der Waals surface area contributed by atoms with Gasteiger partial charge in [0.2, 0.25) is 0 Å². The average molecular weight is 239 g/mol. The lowest BCUT2D eigenvalue weighted by Gasteiger charge is -2.15. The fraction of sp³-hybridized carbons (Fsp3) is 0.571. The fourth-order valence-electron chi connectivity index (χ4n) is 1.99. The largest absolute Gasteiger partial charge is 0.396 e. The van der Waals surface area contributed by atoms with Gasteiger partial charge in [-0.15, -0.1) is 0 Å². The van der Waals surface area contributed by atoms with Gasteiger partial charge in [-0.1, -0.05) is 31.5 Å². The summed E-state index contributed by atoms with van der Waals surface area (Å²) in [6.07, 6.45) is 3.04. The molecule has 2 nitrogen and oxygen atoms in total. The highest BCUT2D eigenvalue weighted by molar-refractivity contribution is 5.16. The molecule has 0 saturated heterocycles. The van der Waals surface area contributed by atoms with Crippen molar-refractivity contribution in [2.45, 2.75) is 32.7 Å². The Morgan fingerprint density at radius 2 is 2.06 bits per heavy atom. The standard InChI is InChI=1S/C14H22FNO/c1-2-5-12(8-9-17)10-16-11-13-6-3-4-7-14(13)15/h3-4,6-7,12,16-17H,2,5,8-11H2,1H3. The summed E-state index contributed by atoms with van der Waals surface area (Å²) >= 11 is 0. The molecule has 1 rings (SSSR count). The molecule has 1 aromatic carbocycles. The van der Waals surface area contributed by atoms with Crippen molar-refractivity contribution < 1.29 is 9.50 Å². The predicted molar refractivity (Wildman–Crippen MR) is 68.2 cm³/mol. The van der Waals surface area contributed by atoms with E-state index in [1.807, 2.05) is 6.07 Å². The third-order valence-electron chi connectivity index (χ3n) is 2.94. The number of hydrogen-bond donors (Lipinski definition) is 2. The molecule has 2 N–H and O–H groups in total. The zero-order chi connectivity index (χ0) is 12.5. The van der Waals surface area contributed by atoms with Gasteiger partial charge in [0.15, 0.2) is 0 Å². The van der Waals surface area contributed by atoms with Gasteiger partial charge in [-0.3, -0.25) is 0 Å². The Labute approximate surface area is 103 Å². The molecule has 96 valence electrons. The first-order valence-corrected chi connectivity index (χ1v) is 6.33. The average Bonchev–Trinajstić information content (AvgIpc) is 2.32. The highest BCUT2D eigenvalue weighted by atomic mass is 19.1. The molecule has 0 spiro atoms. The van der Waals surface area contributed by atoms with E-state index in [2.05, 4.69) is 12.2 Å². The summed E-state index contributed by atoms with van der Waals surface area (Å²) in [5.41, 5.74) is 0.701. The highest BCUT2D eigenvalue weighted by Crippen LogP contribution is 2.10. The van der Waals surface area contributed by atoms with Crippen LogP contribution < -0.4 is 5.32 Å². The van der Waals surface area contributed by atoms with Crippen LogP contribution in [0.5, 0.6) is 0 Å². The first-order chi connectivity index (χ1) is 8.27. The van der Waals surface area contributed by atoms with E-state index in [0.29, 0.717) is 18.0 Å². The molecule has 0 aliphatic heterocycles. The minimum absolute atomic E-state index is 0.158. The monoisotopic (exact) mass is 239 g/mol. The van der Waals surface area contributed by atoms with Gasteiger partial charge in [0, 0.05) is 18.7 Å². The van der Waals surface area contributed by atoms with Crippen LogP contribution in [0.1, 0.15) is 31.7 Å². The topological polar surface area (TPSA) is 32.3 Å². The van der Waals surface area contributed by atoms with E-state index in [-0.39, 0.29) is 12.4 Å². The Kier molecular flexibility index (Phi) is 6.82. The van der Waals surface area contributed by atoms with Gasteiger partial charge in [0.25, 0.3) is 0 Å². The smallest absolute Gasteiger partial charge is 0.127 e. The summed E-state index contributed by atoms with van der Waals surface area (Å²) in [7, 11) is 0. The van der Waals surface area contributed by atoms with Crippen molar-refractivity contribution in [2.75, 3.05) is 13.2 Å². The van der Waals surface area contributed by atoms with Crippen molar-refractivity contribution in [3.8, 4) is 0 Å². The second-order valence-electron chi connectivity index (χ2n) is 4.39. The molecule has 0 bridgehead atoms. The lowest BCUT2D eigenvalue weighted by Crippen LogP contribution is -2.23. The Morgan fingerprint density at radius 1 is 1.29 bits per heavy atom. The quantitative estimate of drug-likeness (QED) is 0.731. The highest BCUT2D eigenvalue weighted by Gasteiger charge is 2.07. The normalized spacial score (nSPS) is 12.6. The van der Waals surface area contributed by atoms with Crippen LogP contribution >= 0.6 is 0 Å². The van der Waals surface area contributed by atoms with Gasteiger partial charge in [-0.2, -0.15) is 0 Å². The van der Waals surface area contributed by atoms with Gasteiger partial charge in [0.05, 0.1) is 0 Å².